The van der Waals surface area contributed by atoms with Crippen molar-refractivity contribution in [1.29, 1.82) is 0 Å². The minimum absolute atomic E-state index is 0.00787. The molecule has 0 aliphatic carbocycles. The maximum absolute atomic E-state index is 14.0. The second-order valence-electron chi connectivity index (χ2n) is 9.50. The maximum atomic E-state index is 14.0. The zero-order chi connectivity index (χ0) is 28.7. The van der Waals surface area contributed by atoms with Crippen LogP contribution in [0.2, 0.25) is 10.0 Å². The number of amides is 2. The molecule has 1 atom stereocenters. The predicted octanol–water partition coefficient (Wildman–Crippen LogP) is 5.83. The highest BCUT2D eigenvalue weighted by atomic mass is 35.5. The maximum Gasteiger partial charge on any atom is 0.264 e. The predicted molar refractivity (Wildman–Crippen MR) is 157 cm³/mol. The first-order valence-corrected chi connectivity index (χ1v) is 14.8. The molecule has 0 aliphatic heterocycles. The van der Waals surface area contributed by atoms with Crippen molar-refractivity contribution in [2.45, 2.75) is 57.6 Å². The summed E-state index contributed by atoms with van der Waals surface area (Å²) in [6, 6.07) is 18.8. The average Bonchev–Trinajstić information content (AvgIpc) is 2.88. The first kappa shape index (κ1) is 30.5. The minimum atomic E-state index is -4.12. The van der Waals surface area contributed by atoms with Crippen LogP contribution in [0.4, 0.5) is 5.69 Å². The van der Waals surface area contributed by atoms with Gasteiger partial charge < -0.3 is 10.2 Å². The van der Waals surface area contributed by atoms with Crippen molar-refractivity contribution in [1.82, 2.24) is 10.2 Å². The van der Waals surface area contributed by atoms with Gasteiger partial charge in [-0.2, -0.15) is 0 Å². The van der Waals surface area contributed by atoms with Crippen LogP contribution in [-0.4, -0.2) is 43.8 Å². The Morgan fingerprint density at radius 1 is 0.949 bits per heavy atom. The molecule has 0 aliphatic rings. The zero-order valence-electron chi connectivity index (χ0n) is 22.4. The van der Waals surface area contributed by atoms with Gasteiger partial charge in [0.1, 0.15) is 12.6 Å². The SMILES string of the molecule is CC[C@H](C(=O)NC(C)C)N(Cc1ccc(Cl)cc1Cl)C(=O)CN(c1ccccc1)S(=O)(=O)c1ccc(C)cc1. The van der Waals surface area contributed by atoms with E-state index in [1.54, 1.807) is 67.6 Å². The van der Waals surface area contributed by atoms with Gasteiger partial charge in [-0.3, -0.25) is 13.9 Å². The number of carbonyl (C=O) groups is 2. The molecule has 2 amide bonds. The number of nitrogens with one attached hydrogen (secondary N) is 1. The largest absolute Gasteiger partial charge is 0.352 e. The highest BCUT2D eigenvalue weighted by molar-refractivity contribution is 7.92. The lowest BCUT2D eigenvalue weighted by Gasteiger charge is -2.33. The first-order valence-electron chi connectivity index (χ1n) is 12.6. The number of nitrogens with zero attached hydrogens (tertiary/aromatic N) is 2. The van der Waals surface area contributed by atoms with Crippen molar-refractivity contribution in [3.8, 4) is 0 Å². The Labute approximate surface area is 240 Å². The van der Waals surface area contributed by atoms with Crippen LogP contribution in [0.3, 0.4) is 0 Å². The summed E-state index contributed by atoms with van der Waals surface area (Å²) in [6.07, 6.45) is 0.311. The molecule has 3 aromatic rings. The monoisotopic (exact) mass is 589 g/mol. The lowest BCUT2D eigenvalue weighted by Crippen LogP contribution is -2.53. The van der Waals surface area contributed by atoms with Crippen molar-refractivity contribution in [3.05, 3.63) is 94.0 Å². The van der Waals surface area contributed by atoms with Gasteiger partial charge in [0.05, 0.1) is 10.6 Å². The van der Waals surface area contributed by atoms with Crippen LogP contribution in [0, 0.1) is 6.92 Å². The van der Waals surface area contributed by atoms with Crippen molar-refractivity contribution in [2.24, 2.45) is 0 Å². The van der Waals surface area contributed by atoms with Crippen LogP contribution in [-0.2, 0) is 26.2 Å². The lowest BCUT2D eigenvalue weighted by molar-refractivity contribution is -0.140. The molecular formula is C29H33Cl2N3O4S. The minimum Gasteiger partial charge on any atom is -0.352 e. The zero-order valence-corrected chi connectivity index (χ0v) is 24.7. The van der Waals surface area contributed by atoms with Gasteiger partial charge in [0.25, 0.3) is 10.0 Å². The summed E-state index contributed by atoms with van der Waals surface area (Å²) < 4.78 is 28.7. The molecule has 0 radical (unpaired) electrons. The molecule has 0 saturated carbocycles. The quantitative estimate of drug-likeness (QED) is 0.305. The van der Waals surface area contributed by atoms with E-state index in [4.69, 9.17) is 23.2 Å². The van der Waals surface area contributed by atoms with Crippen molar-refractivity contribution < 1.29 is 18.0 Å². The fourth-order valence-corrected chi connectivity index (χ4v) is 5.98. The molecule has 1 N–H and O–H groups in total. The molecule has 0 bridgehead atoms. The molecule has 0 fully saturated rings. The van der Waals surface area contributed by atoms with E-state index >= 15 is 0 Å². The number of anilines is 1. The van der Waals surface area contributed by atoms with E-state index < -0.39 is 28.5 Å². The number of hydrogen-bond acceptors (Lipinski definition) is 4. The highest BCUT2D eigenvalue weighted by Crippen LogP contribution is 2.27. The molecule has 39 heavy (non-hydrogen) atoms. The molecule has 10 heteroatoms. The number of para-hydroxylation sites is 1. The van der Waals surface area contributed by atoms with E-state index in [1.165, 1.54) is 17.0 Å². The van der Waals surface area contributed by atoms with Crippen molar-refractivity contribution in [3.63, 3.8) is 0 Å². The summed E-state index contributed by atoms with van der Waals surface area (Å²) in [6.45, 7) is 6.80. The molecule has 208 valence electrons. The molecular weight excluding hydrogens is 557 g/mol. The van der Waals surface area contributed by atoms with Crippen LogP contribution in [0.25, 0.3) is 0 Å². The second kappa shape index (κ2) is 13.3. The number of carbonyl (C=O) groups excluding carboxylic acids is 2. The van der Waals surface area contributed by atoms with Gasteiger partial charge in [0.15, 0.2) is 0 Å². The summed E-state index contributed by atoms with van der Waals surface area (Å²) in [4.78, 5) is 28.6. The third kappa shape index (κ3) is 7.75. The summed E-state index contributed by atoms with van der Waals surface area (Å²) in [5.41, 5.74) is 1.82. The number of benzene rings is 3. The summed E-state index contributed by atoms with van der Waals surface area (Å²) >= 11 is 12.5. The van der Waals surface area contributed by atoms with Crippen molar-refractivity contribution in [2.75, 3.05) is 10.8 Å². The van der Waals surface area contributed by atoms with E-state index in [1.807, 2.05) is 20.8 Å². The number of rotatable bonds is 11. The summed E-state index contributed by atoms with van der Waals surface area (Å²) in [5, 5.41) is 3.64. The van der Waals surface area contributed by atoms with E-state index in [2.05, 4.69) is 5.32 Å². The topological polar surface area (TPSA) is 86.8 Å². The third-order valence-electron chi connectivity index (χ3n) is 6.10. The van der Waals surface area contributed by atoms with Gasteiger partial charge in [-0.15, -0.1) is 0 Å². The molecule has 3 aromatic carbocycles. The second-order valence-corrected chi connectivity index (χ2v) is 12.2. The van der Waals surface area contributed by atoms with Gasteiger partial charge in [-0.05, 0) is 69.2 Å². The van der Waals surface area contributed by atoms with Crippen LogP contribution in [0.15, 0.2) is 77.7 Å². The van der Waals surface area contributed by atoms with Crippen LogP contribution in [0.5, 0.6) is 0 Å². The first-order chi connectivity index (χ1) is 18.4. The molecule has 3 rings (SSSR count). The average molecular weight is 591 g/mol. The van der Waals surface area contributed by atoms with Gasteiger partial charge in [0.2, 0.25) is 11.8 Å². The Morgan fingerprint density at radius 3 is 2.15 bits per heavy atom. The summed E-state index contributed by atoms with van der Waals surface area (Å²) in [7, 11) is -4.12. The van der Waals surface area contributed by atoms with Gasteiger partial charge >= 0.3 is 0 Å². The van der Waals surface area contributed by atoms with E-state index in [-0.39, 0.29) is 23.4 Å². The Kier molecular flexibility index (Phi) is 10.4. The normalized spacial score (nSPS) is 12.2. The smallest absolute Gasteiger partial charge is 0.264 e. The van der Waals surface area contributed by atoms with Crippen LogP contribution < -0.4 is 9.62 Å². The molecule has 0 aromatic heterocycles. The van der Waals surface area contributed by atoms with E-state index in [0.29, 0.717) is 27.7 Å². The number of sulfonamides is 1. The van der Waals surface area contributed by atoms with Gasteiger partial charge in [0, 0.05) is 22.6 Å². The Bertz CT molecular complexity index is 1400. The standard InChI is InChI=1S/C29H33Cl2N3O4S/c1-5-27(29(36)32-20(2)3)33(18-22-13-14-23(30)17-26(22)31)28(35)19-34(24-9-7-6-8-10-24)39(37,38)25-15-11-21(4)12-16-25/h6-17,20,27H,5,18-19H2,1-4H3,(H,32,36)/t27-/m1/s1. The fraction of sp³-hybridized carbons (Fsp3) is 0.310. The third-order valence-corrected chi connectivity index (χ3v) is 8.48. The fourth-order valence-electron chi connectivity index (χ4n) is 4.09. The highest BCUT2D eigenvalue weighted by Gasteiger charge is 2.34. The number of hydrogen-bond donors (Lipinski definition) is 1. The number of aryl methyl sites for hydroxylation is 1. The van der Waals surface area contributed by atoms with Crippen molar-refractivity contribution >= 4 is 50.7 Å². The van der Waals surface area contributed by atoms with Gasteiger partial charge in [-0.25, -0.2) is 8.42 Å². The molecule has 0 heterocycles. The van der Waals surface area contributed by atoms with E-state index in [0.717, 1.165) is 9.87 Å². The Morgan fingerprint density at radius 2 is 1.59 bits per heavy atom. The molecule has 7 nitrogen and oxygen atoms in total. The Balaban J connectivity index is 2.06. The van der Waals surface area contributed by atoms with Crippen LogP contribution in [0.1, 0.15) is 38.3 Å². The molecule has 0 saturated heterocycles. The van der Waals surface area contributed by atoms with Gasteiger partial charge in [-0.1, -0.05) is 72.1 Å². The summed E-state index contributed by atoms with van der Waals surface area (Å²) in [5.74, 6) is -0.884. The Hall–Kier alpha value is -3.07. The number of halogens is 2. The molecule has 0 spiro atoms. The molecule has 0 unspecified atom stereocenters. The van der Waals surface area contributed by atoms with E-state index in [9.17, 15) is 18.0 Å². The lowest BCUT2D eigenvalue weighted by atomic mass is 10.1. The van der Waals surface area contributed by atoms with Crippen LogP contribution >= 0.6 is 23.2 Å².